The van der Waals surface area contributed by atoms with Gasteiger partial charge in [0.2, 0.25) is 16.0 Å². The first-order valence-corrected chi connectivity index (χ1v) is 15.6. The smallest absolute Gasteiger partial charge is 0.308 e. The third-order valence-corrected chi connectivity index (χ3v) is 7.46. The van der Waals surface area contributed by atoms with E-state index in [-0.39, 0.29) is 37.9 Å². The molecule has 238 valence electrons. The molecule has 0 unspecified atom stereocenters. The van der Waals surface area contributed by atoms with Gasteiger partial charge in [-0.05, 0) is 49.4 Å². The predicted molar refractivity (Wildman–Crippen MR) is 157 cm³/mol. The molecule has 0 aliphatic rings. The lowest BCUT2D eigenvalue weighted by molar-refractivity contribution is -0.757. The Kier molecular flexibility index (Phi) is 13.9. The first-order chi connectivity index (χ1) is 20.2. The summed E-state index contributed by atoms with van der Waals surface area (Å²) < 4.78 is 44.1. The molecule has 0 aliphatic heterocycles. The zero-order valence-electron chi connectivity index (χ0n) is 24.7. The molecule has 0 fully saturated rings. The minimum Gasteiger partial charge on any atom is -0.466 e. The average molecular weight is 627 g/mol. The van der Waals surface area contributed by atoms with E-state index >= 15 is 0 Å². The quantitative estimate of drug-likeness (QED) is 0.107. The van der Waals surface area contributed by atoms with Crippen molar-refractivity contribution in [3.05, 3.63) is 57.5 Å². The number of hydrogen-bond acceptors (Lipinski definition) is 11. The second kappa shape index (κ2) is 16.8. The number of carbonyl (C=O) groups is 1. The molecule has 0 spiro atoms. The van der Waals surface area contributed by atoms with Crippen LogP contribution in [0.4, 0.5) is 10.3 Å². The van der Waals surface area contributed by atoms with Gasteiger partial charge in [-0.15, -0.1) is 10.1 Å². The van der Waals surface area contributed by atoms with Crippen molar-refractivity contribution in [2.45, 2.75) is 70.5 Å². The van der Waals surface area contributed by atoms with Crippen molar-refractivity contribution in [2.75, 3.05) is 30.8 Å². The van der Waals surface area contributed by atoms with Crippen LogP contribution < -0.4 is 4.31 Å². The van der Waals surface area contributed by atoms with Gasteiger partial charge in [0.25, 0.3) is 5.09 Å². The summed E-state index contributed by atoms with van der Waals surface area (Å²) in [5.74, 6) is -1.35. The number of aromatic nitrogens is 2. The number of benzene rings is 1. The highest BCUT2D eigenvalue weighted by atomic mass is 32.2. The van der Waals surface area contributed by atoms with E-state index in [1.807, 2.05) is 13.8 Å². The molecule has 0 bridgehead atoms. The summed E-state index contributed by atoms with van der Waals surface area (Å²) in [4.78, 5) is 35.3. The van der Waals surface area contributed by atoms with Crippen molar-refractivity contribution in [1.29, 1.82) is 0 Å². The number of unbranched alkanes of at least 4 members (excludes halogenated alkanes) is 3. The molecule has 1 heterocycles. The van der Waals surface area contributed by atoms with Crippen LogP contribution in [0.15, 0.2) is 30.3 Å². The van der Waals surface area contributed by atoms with E-state index in [4.69, 9.17) is 4.74 Å². The summed E-state index contributed by atoms with van der Waals surface area (Å²) in [6.45, 7) is 3.86. The topological polar surface area (TPSA) is 182 Å². The second-order valence-corrected chi connectivity index (χ2v) is 12.3. The molecule has 0 radical (unpaired) electrons. The van der Waals surface area contributed by atoms with E-state index in [0.29, 0.717) is 48.2 Å². The van der Waals surface area contributed by atoms with E-state index in [9.17, 15) is 37.9 Å². The molecular formula is C28H39FN4O9S. The Morgan fingerprint density at radius 2 is 1.74 bits per heavy atom. The minimum atomic E-state index is -3.68. The van der Waals surface area contributed by atoms with Crippen molar-refractivity contribution < 1.29 is 42.5 Å². The Bertz CT molecular complexity index is 1350. The number of aliphatic hydroxyl groups is 2. The minimum absolute atomic E-state index is 0.0148. The number of anilines is 1. The summed E-state index contributed by atoms with van der Waals surface area (Å²) >= 11 is 0. The summed E-state index contributed by atoms with van der Waals surface area (Å²) in [6.07, 6.45) is 3.59. The predicted octanol–water partition coefficient (Wildman–Crippen LogP) is 3.63. The third-order valence-electron chi connectivity index (χ3n) is 6.31. The molecule has 15 heteroatoms. The Balaban J connectivity index is 2.10. The highest BCUT2D eigenvalue weighted by Gasteiger charge is 2.23. The van der Waals surface area contributed by atoms with Crippen molar-refractivity contribution in [2.24, 2.45) is 0 Å². The van der Waals surface area contributed by atoms with Gasteiger partial charge < -0.3 is 19.8 Å². The number of rotatable bonds is 18. The van der Waals surface area contributed by atoms with Gasteiger partial charge in [0, 0.05) is 24.6 Å². The van der Waals surface area contributed by atoms with Crippen molar-refractivity contribution in [3.8, 4) is 11.3 Å². The highest BCUT2D eigenvalue weighted by Crippen LogP contribution is 2.31. The second-order valence-electron chi connectivity index (χ2n) is 10.3. The molecule has 1 aromatic carbocycles. The van der Waals surface area contributed by atoms with Gasteiger partial charge in [-0.25, -0.2) is 27.1 Å². The van der Waals surface area contributed by atoms with E-state index in [1.54, 1.807) is 6.08 Å². The number of sulfonamides is 1. The Hall–Kier alpha value is -3.69. The van der Waals surface area contributed by atoms with Gasteiger partial charge in [-0.2, -0.15) is 0 Å². The molecule has 2 atom stereocenters. The van der Waals surface area contributed by atoms with Crippen LogP contribution in [0.3, 0.4) is 0 Å². The zero-order chi connectivity index (χ0) is 32.2. The lowest BCUT2D eigenvalue weighted by atomic mass is 9.97. The first kappa shape index (κ1) is 35.5. The molecule has 43 heavy (non-hydrogen) atoms. The summed E-state index contributed by atoms with van der Waals surface area (Å²) in [5.41, 5.74) is 1.78. The maximum absolute atomic E-state index is 13.7. The maximum Gasteiger partial charge on any atom is 0.308 e. The van der Waals surface area contributed by atoms with Crippen LogP contribution >= 0.6 is 0 Å². The number of aliphatic hydroxyl groups excluding tert-OH is 2. The van der Waals surface area contributed by atoms with Crippen LogP contribution in [-0.4, -0.2) is 78.4 Å². The number of hydrogen-bond donors (Lipinski definition) is 2. The number of nitrogens with zero attached hydrogens (tertiary/aromatic N) is 4. The van der Waals surface area contributed by atoms with Crippen LogP contribution in [0.5, 0.6) is 0 Å². The number of carbonyl (C=O) groups excluding carboxylic acids is 1. The molecule has 2 aromatic rings. The van der Waals surface area contributed by atoms with Gasteiger partial charge >= 0.3 is 5.97 Å². The van der Waals surface area contributed by atoms with Gasteiger partial charge in [0.05, 0.1) is 49.5 Å². The van der Waals surface area contributed by atoms with Crippen LogP contribution in [0.1, 0.15) is 69.5 Å². The first-order valence-electron chi connectivity index (χ1n) is 13.8. The van der Waals surface area contributed by atoms with Crippen LogP contribution in [0.25, 0.3) is 17.3 Å². The number of ether oxygens (including phenoxy) is 1. The van der Waals surface area contributed by atoms with Crippen molar-refractivity contribution in [1.82, 2.24) is 9.97 Å². The molecule has 2 N–H and O–H groups in total. The van der Waals surface area contributed by atoms with E-state index in [2.05, 4.69) is 14.8 Å². The van der Waals surface area contributed by atoms with E-state index < -0.39 is 39.1 Å². The lowest BCUT2D eigenvalue weighted by Gasteiger charge is -2.20. The summed E-state index contributed by atoms with van der Waals surface area (Å²) in [7, 11) is -2.36. The third kappa shape index (κ3) is 12.2. The van der Waals surface area contributed by atoms with Crippen LogP contribution in [0, 0.1) is 15.9 Å². The monoisotopic (exact) mass is 626 g/mol. The normalized spacial score (nSPS) is 13.2. The van der Waals surface area contributed by atoms with Gasteiger partial charge in [-0.3, -0.25) is 4.79 Å². The molecule has 13 nitrogen and oxygen atoms in total. The van der Waals surface area contributed by atoms with Crippen LogP contribution in [0.2, 0.25) is 0 Å². The standard InChI is InChI=1S/C28H39FN4O9S/c1-19(2)26-24(27(20-9-11-21(29)12-10-20)31-28(30-26)32(3)43(4,39)40)14-13-22(34)17-23(35)18-25(36)41-15-7-5-6-8-16-42-33(37)38/h9-14,19,22-23,34-35H,5-8,15-18H2,1-4H3/b14-13+/t22-,23-/m1/s1. The Labute approximate surface area is 250 Å². The maximum atomic E-state index is 13.7. The highest BCUT2D eigenvalue weighted by molar-refractivity contribution is 7.92. The molecule has 2 rings (SSSR count). The molecule has 1 aromatic heterocycles. The van der Waals surface area contributed by atoms with Crippen molar-refractivity contribution >= 4 is 28.0 Å². The fraction of sp³-hybridized carbons (Fsp3) is 0.536. The SMILES string of the molecule is CC(C)c1nc(N(C)S(C)(=O)=O)nc(-c2ccc(F)cc2)c1/C=C/[C@@H](O)C[C@@H](O)CC(=O)OCCCCCCO[N+](=O)[O-]. The summed E-state index contributed by atoms with van der Waals surface area (Å²) in [6, 6.07) is 5.50. The average Bonchev–Trinajstić information content (AvgIpc) is 2.92. The fourth-order valence-corrected chi connectivity index (χ4v) is 4.36. The lowest BCUT2D eigenvalue weighted by Crippen LogP contribution is -2.27. The van der Waals surface area contributed by atoms with Gasteiger partial charge in [0.15, 0.2) is 0 Å². The molecule has 0 aliphatic carbocycles. The fourth-order valence-electron chi connectivity index (χ4n) is 3.98. The molecule has 0 amide bonds. The molecule has 0 saturated heterocycles. The number of esters is 1. The Morgan fingerprint density at radius 3 is 2.33 bits per heavy atom. The summed E-state index contributed by atoms with van der Waals surface area (Å²) in [5, 5.41) is 30.2. The van der Waals surface area contributed by atoms with Crippen LogP contribution in [-0.2, 0) is 24.4 Å². The van der Waals surface area contributed by atoms with Gasteiger partial charge in [0.1, 0.15) is 5.82 Å². The van der Waals surface area contributed by atoms with E-state index in [1.165, 1.54) is 37.4 Å². The number of halogens is 1. The Morgan fingerprint density at radius 1 is 1.12 bits per heavy atom. The largest absolute Gasteiger partial charge is 0.466 e. The van der Waals surface area contributed by atoms with E-state index in [0.717, 1.165) is 10.6 Å². The van der Waals surface area contributed by atoms with Crippen molar-refractivity contribution in [3.63, 3.8) is 0 Å². The zero-order valence-corrected chi connectivity index (χ0v) is 25.5. The molecule has 0 saturated carbocycles. The van der Waals surface area contributed by atoms with Gasteiger partial charge in [-0.1, -0.05) is 32.4 Å². The molecular weight excluding hydrogens is 587 g/mol.